The van der Waals surface area contributed by atoms with Crippen molar-refractivity contribution < 1.29 is 28.5 Å². The molecule has 3 N–H and O–H groups in total. The molecule has 4 rings (SSSR count). The van der Waals surface area contributed by atoms with E-state index < -0.39 is 0 Å². The van der Waals surface area contributed by atoms with E-state index in [1.165, 1.54) is 6.92 Å². The first kappa shape index (κ1) is 28.1. The highest BCUT2D eigenvalue weighted by atomic mass is 16.6. The van der Waals surface area contributed by atoms with Gasteiger partial charge in [0.1, 0.15) is 12.4 Å². The molecule has 1 aliphatic rings. The van der Waals surface area contributed by atoms with E-state index in [0.29, 0.717) is 59.2 Å². The SMILES string of the molecule is CC(=O)Nc1ccc(OCCOCCOCCOCCNc2ccc(-c3ccc4c(c3)CC(=O)N4)cc2)cc1. The van der Waals surface area contributed by atoms with E-state index in [1.54, 1.807) is 24.3 Å². The molecule has 0 fully saturated rings. The van der Waals surface area contributed by atoms with E-state index in [4.69, 9.17) is 18.9 Å². The maximum Gasteiger partial charge on any atom is 0.228 e. The fourth-order valence-corrected chi connectivity index (χ4v) is 4.06. The summed E-state index contributed by atoms with van der Waals surface area (Å²) in [7, 11) is 0. The van der Waals surface area contributed by atoms with Gasteiger partial charge in [-0.25, -0.2) is 0 Å². The zero-order chi connectivity index (χ0) is 27.3. The van der Waals surface area contributed by atoms with Gasteiger partial charge in [-0.15, -0.1) is 0 Å². The molecule has 0 radical (unpaired) electrons. The quantitative estimate of drug-likeness (QED) is 0.235. The molecule has 0 aliphatic carbocycles. The average Bonchev–Trinajstić information content (AvgIpc) is 3.31. The lowest BCUT2D eigenvalue weighted by atomic mass is 10.0. The van der Waals surface area contributed by atoms with Crippen LogP contribution < -0.4 is 20.7 Å². The Labute approximate surface area is 228 Å². The summed E-state index contributed by atoms with van der Waals surface area (Å²) in [5, 5.41) is 8.93. The summed E-state index contributed by atoms with van der Waals surface area (Å²) in [5.41, 5.74) is 5.93. The molecule has 2 amide bonds. The van der Waals surface area contributed by atoms with E-state index >= 15 is 0 Å². The maximum atomic E-state index is 11.6. The third-order valence-corrected chi connectivity index (χ3v) is 5.94. The van der Waals surface area contributed by atoms with Crippen molar-refractivity contribution in [2.24, 2.45) is 0 Å². The van der Waals surface area contributed by atoms with Crippen LogP contribution in [0.2, 0.25) is 0 Å². The zero-order valence-electron chi connectivity index (χ0n) is 22.2. The molecule has 0 bridgehead atoms. The Kier molecular flexibility index (Phi) is 10.7. The first-order valence-electron chi connectivity index (χ1n) is 13.1. The van der Waals surface area contributed by atoms with Crippen LogP contribution in [0.25, 0.3) is 11.1 Å². The first-order valence-corrected chi connectivity index (χ1v) is 13.1. The van der Waals surface area contributed by atoms with Crippen LogP contribution in [0.1, 0.15) is 12.5 Å². The van der Waals surface area contributed by atoms with Crippen molar-refractivity contribution in [1.82, 2.24) is 0 Å². The lowest BCUT2D eigenvalue weighted by Crippen LogP contribution is -2.15. The molecule has 0 atom stereocenters. The van der Waals surface area contributed by atoms with Crippen LogP contribution in [-0.2, 0) is 30.2 Å². The number of hydrogen-bond acceptors (Lipinski definition) is 7. The number of fused-ring (bicyclic) bond motifs is 1. The molecular weight excluding hydrogens is 498 g/mol. The summed E-state index contributed by atoms with van der Waals surface area (Å²) in [4.78, 5) is 22.6. The monoisotopic (exact) mass is 533 g/mol. The van der Waals surface area contributed by atoms with Gasteiger partial charge in [-0.3, -0.25) is 9.59 Å². The Bertz CT molecular complexity index is 1210. The normalized spacial score (nSPS) is 12.1. The van der Waals surface area contributed by atoms with Crippen molar-refractivity contribution in [1.29, 1.82) is 0 Å². The smallest absolute Gasteiger partial charge is 0.228 e. The summed E-state index contributed by atoms with van der Waals surface area (Å²) in [6.45, 7) is 5.67. The van der Waals surface area contributed by atoms with Gasteiger partial charge in [0.25, 0.3) is 0 Å². The molecule has 39 heavy (non-hydrogen) atoms. The molecule has 1 aliphatic heterocycles. The summed E-state index contributed by atoms with van der Waals surface area (Å²) in [6, 6.07) is 21.5. The molecular formula is C30H35N3O6. The maximum absolute atomic E-state index is 11.6. The van der Waals surface area contributed by atoms with Crippen molar-refractivity contribution >= 4 is 28.9 Å². The van der Waals surface area contributed by atoms with Gasteiger partial charge in [0.2, 0.25) is 11.8 Å². The molecule has 1 heterocycles. The summed E-state index contributed by atoms with van der Waals surface area (Å²) < 4.78 is 22.3. The topological polar surface area (TPSA) is 107 Å². The van der Waals surface area contributed by atoms with Crippen molar-refractivity contribution in [2.75, 3.05) is 68.7 Å². The van der Waals surface area contributed by atoms with E-state index in [0.717, 1.165) is 39.5 Å². The fourth-order valence-electron chi connectivity index (χ4n) is 4.06. The minimum Gasteiger partial charge on any atom is -0.491 e. The van der Waals surface area contributed by atoms with E-state index in [1.807, 2.05) is 24.3 Å². The summed E-state index contributed by atoms with van der Waals surface area (Å²) >= 11 is 0. The number of carbonyl (C=O) groups is 2. The third kappa shape index (κ3) is 9.40. The Morgan fingerprint density at radius 2 is 1.38 bits per heavy atom. The van der Waals surface area contributed by atoms with Gasteiger partial charge < -0.3 is 34.9 Å². The lowest BCUT2D eigenvalue weighted by Gasteiger charge is -2.10. The highest BCUT2D eigenvalue weighted by Gasteiger charge is 2.17. The van der Waals surface area contributed by atoms with Crippen LogP contribution in [-0.4, -0.2) is 64.6 Å². The minimum atomic E-state index is -0.104. The van der Waals surface area contributed by atoms with Crippen molar-refractivity contribution in [3.63, 3.8) is 0 Å². The standard InChI is InChI=1S/C30H35N3O6/c1-22(34)32-27-7-9-28(10-8-27)39-19-18-38-17-16-37-15-14-36-13-12-31-26-5-2-23(3-6-26)24-4-11-29-25(20-24)21-30(35)33-29/h2-11,20,31H,12-19,21H2,1H3,(H,32,34)(H,33,35). The van der Waals surface area contributed by atoms with E-state index in [-0.39, 0.29) is 11.8 Å². The van der Waals surface area contributed by atoms with Crippen LogP contribution in [0.4, 0.5) is 17.1 Å². The van der Waals surface area contributed by atoms with Crippen molar-refractivity contribution in [3.8, 4) is 16.9 Å². The van der Waals surface area contributed by atoms with Crippen LogP contribution >= 0.6 is 0 Å². The third-order valence-electron chi connectivity index (χ3n) is 5.94. The van der Waals surface area contributed by atoms with Crippen molar-refractivity contribution in [3.05, 3.63) is 72.3 Å². The number of rotatable bonds is 16. The molecule has 0 aromatic heterocycles. The Balaban J connectivity index is 0.974. The second-order valence-electron chi connectivity index (χ2n) is 8.99. The van der Waals surface area contributed by atoms with E-state index in [9.17, 15) is 9.59 Å². The summed E-state index contributed by atoms with van der Waals surface area (Å²) in [6.07, 6.45) is 0.442. The number of nitrogens with one attached hydrogen (secondary N) is 3. The molecule has 0 saturated carbocycles. The van der Waals surface area contributed by atoms with Gasteiger partial charge in [-0.05, 0) is 65.2 Å². The Morgan fingerprint density at radius 1 is 0.769 bits per heavy atom. The van der Waals surface area contributed by atoms with E-state index in [2.05, 4.69) is 34.1 Å². The highest BCUT2D eigenvalue weighted by molar-refractivity contribution is 5.99. The van der Waals surface area contributed by atoms with Gasteiger partial charge in [0.15, 0.2) is 0 Å². The molecule has 9 heteroatoms. The number of benzene rings is 3. The molecule has 0 spiro atoms. The van der Waals surface area contributed by atoms with Crippen LogP contribution in [0.15, 0.2) is 66.7 Å². The number of amides is 2. The van der Waals surface area contributed by atoms with Crippen LogP contribution in [0, 0.1) is 0 Å². The van der Waals surface area contributed by atoms with Gasteiger partial charge in [-0.1, -0.05) is 18.2 Å². The number of ether oxygens (including phenoxy) is 4. The largest absolute Gasteiger partial charge is 0.491 e. The number of carbonyl (C=O) groups excluding carboxylic acids is 2. The van der Waals surface area contributed by atoms with Gasteiger partial charge in [0, 0.05) is 30.5 Å². The molecule has 206 valence electrons. The molecule has 0 saturated heterocycles. The summed E-state index contributed by atoms with van der Waals surface area (Å²) in [5.74, 6) is 0.666. The van der Waals surface area contributed by atoms with Gasteiger partial charge >= 0.3 is 0 Å². The van der Waals surface area contributed by atoms with Crippen molar-refractivity contribution in [2.45, 2.75) is 13.3 Å². The first-order chi connectivity index (χ1) is 19.1. The van der Waals surface area contributed by atoms with Gasteiger partial charge in [0.05, 0.1) is 46.1 Å². The second kappa shape index (κ2) is 14.9. The average molecular weight is 534 g/mol. The number of anilines is 3. The Morgan fingerprint density at radius 3 is 2.08 bits per heavy atom. The Hall–Kier alpha value is -3.92. The molecule has 3 aromatic carbocycles. The second-order valence-corrected chi connectivity index (χ2v) is 8.99. The predicted octanol–water partition coefficient (Wildman–Crippen LogP) is 4.35. The van der Waals surface area contributed by atoms with Crippen LogP contribution in [0.3, 0.4) is 0 Å². The number of hydrogen-bond donors (Lipinski definition) is 3. The minimum absolute atomic E-state index is 0.0483. The van der Waals surface area contributed by atoms with Crippen LogP contribution in [0.5, 0.6) is 5.75 Å². The lowest BCUT2D eigenvalue weighted by molar-refractivity contribution is -0.115. The predicted molar refractivity (Wildman–Crippen MR) is 151 cm³/mol. The zero-order valence-corrected chi connectivity index (χ0v) is 22.2. The molecule has 0 unspecified atom stereocenters. The fraction of sp³-hybridized carbons (Fsp3) is 0.333. The highest BCUT2D eigenvalue weighted by Crippen LogP contribution is 2.29. The molecule has 9 nitrogen and oxygen atoms in total. The van der Waals surface area contributed by atoms with Gasteiger partial charge in [-0.2, -0.15) is 0 Å². The molecule has 3 aromatic rings.